The Labute approximate surface area is 175 Å². The van der Waals surface area contributed by atoms with Crippen LogP contribution in [-0.2, 0) is 40.1 Å². The van der Waals surface area contributed by atoms with Gasteiger partial charge in [0, 0.05) is 25.3 Å². The second-order valence-electron chi connectivity index (χ2n) is 8.51. The molecular weight excluding hydrogens is 382 g/mol. The summed E-state index contributed by atoms with van der Waals surface area (Å²) in [4.78, 5) is 31.2. The maximum absolute atomic E-state index is 13.1. The van der Waals surface area contributed by atoms with E-state index in [2.05, 4.69) is 22.4 Å². The minimum absolute atomic E-state index is 0.0472. The summed E-state index contributed by atoms with van der Waals surface area (Å²) in [6, 6.07) is 10.4. The molecule has 2 aliphatic heterocycles. The smallest absolute Gasteiger partial charge is 0.246 e. The van der Waals surface area contributed by atoms with Crippen LogP contribution in [0.4, 0.5) is 0 Å². The molecule has 2 fully saturated rings. The molecule has 2 aromatic rings. The van der Waals surface area contributed by atoms with Gasteiger partial charge in [-0.1, -0.05) is 30.3 Å². The molecule has 1 aromatic heterocycles. The number of benzene rings is 1. The summed E-state index contributed by atoms with van der Waals surface area (Å²) >= 11 is 0. The number of rotatable bonds is 4. The molecule has 1 aromatic carbocycles. The third-order valence-corrected chi connectivity index (χ3v) is 6.47. The van der Waals surface area contributed by atoms with E-state index >= 15 is 0 Å². The monoisotopic (exact) mass is 409 g/mol. The molecule has 1 saturated carbocycles. The summed E-state index contributed by atoms with van der Waals surface area (Å²) < 4.78 is 11.6. The van der Waals surface area contributed by atoms with Crippen LogP contribution in [0.15, 0.2) is 34.7 Å². The summed E-state index contributed by atoms with van der Waals surface area (Å²) in [7, 11) is 0. The van der Waals surface area contributed by atoms with Crippen molar-refractivity contribution in [3.63, 3.8) is 0 Å². The van der Waals surface area contributed by atoms with E-state index in [-0.39, 0.29) is 36.5 Å². The van der Waals surface area contributed by atoms with Gasteiger partial charge in [0.2, 0.25) is 11.8 Å². The van der Waals surface area contributed by atoms with Gasteiger partial charge in [-0.2, -0.15) is 0 Å². The highest BCUT2D eigenvalue weighted by Gasteiger charge is 2.40. The molecule has 158 valence electrons. The Bertz CT molecular complexity index is 926. The third-order valence-electron chi connectivity index (χ3n) is 6.47. The van der Waals surface area contributed by atoms with Crippen LogP contribution in [-0.4, -0.2) is 47.0 Å². The van der Waals surface area contributed by atoms with Crippen LogP contribution in [0.2, 0.25) is 0 Å². The summed E-state index contributed by atoms with van der Waals surface area (Å²) in [5.41, 5.74) is 2.16. The predicted octanol–water partition coefficient (Wildman–Crippen LogP) is 2.03. The average Bonchev–Trinajstić information content (AvgIpc) is 3.19. The zero-order chi connectivity index (χ0) is 20.5. The molecule has 7 heteroatoms. The van der Waals surface area contributed by atoms with Gasteiger partial charge in [0.25, 0.3) is 0 Å². The predicted molar refractivity (Wildman–Crippen MR) is 108 cm³/mol. The molecule has 0 radical (unpaired) electrons. The van der Waals surface area contributed by atoms with Gasteiger partial charge in [-0.05, 0) is 31.2 Å². The van der Waals surface area contributed by atoms with Crippen molar-refractivity contribution in [2.24, 2.45) is 5.92 Å². The van der Waals surface area contributed by atoms with Crippen molar-refractivity contribution in [2.45, 2.75) is 57.2 Å². The Morgan fingerprint density at radius 2 is 2.07 bits per heavy atom. The van der Waals surface area contributed by atoms with Crippen molar-refractivity contribution in [3.05, 3.63) is 53.2 Å². The third kappa shape index (κ3) is 3.99. The lowest BCUT2D eigenvalue weighted by Crippen LogP contribution is -2.55. The summed E-state index contributed by atoms with van der Waals surface area (Å²) in [6.07, 6.45) is 4.57. The number of carbonyl (C=O) groups is 2. The molecule has 1 aliphatic carbocycles. The molecule has 2 amide bonds. The van der Waals surface area contributed by atoms with Crippen LogP contribution in [0.3, 0.4) is 0 Å². The Morgan fingerprint density at radius 1 is 1.20 bits per heavy atom. The van der Waals surface area contributed by atoms with E-state index in [0.717, 1.165) is 43.0 Å². The summed E-state index contributed by atoms with van der Waals surface area (Å²) in [5.74, 6) is 1.74. The van der Waals surface area contributed by atoms with Gasteiger partial charge in [-0.15, -0.1) is 0 Å². The molecule has 0 unspecified atom stereocenters. The van der Waals surface area contributed by atoms with Crippen LogP contribution in [0.25, 0.3) is 0 Å². The first-order valence-electron chi connectivity index (χ1n) is 10.9. The van der Waals surface area contributed by atoms with Gasteiger partial charge in [0.05, 0.1) is 18.7 Å². The standard InChI is InChI=1S/C23H27N3O4/c27-21-14-29-20-12-16(7-8-17(20)24-21)23(28)26-11-10-19-18(13-26)25-22(30-19)9-6-15-4-2-1-3-5-15/h1-5,16-17,20H,6-14H2,(H,24,27)/t16-,17-,20-/m0/s1. The number of hydrogen-bond acceptors (Lipinski definition) is 5. The number of fused-ring (bicyclic) bond motifs is 2. The molecule has 0 spiro atoms. The van der Waals surface area contributed by atoms with E-state index in [1.807, 2.05) is 23.1 Å². The van der Waals surface area contributed by atoms with E-state index in [1.165, 1.54) is 5.56 Å². The van der Waals surface area contributed by atoms with Crippen LogP contribution in [0.1, 0.15) is 42.2 Å². The molecule has 3 aliphatic rings. The number of aromatic nitrogens is 1. The number of aryl methyl sites for hydroxylation is 2. The van der Waals surface area contributed by atoms with Crippen molar-refractivity contribution in [1.29, 1.82) is 0 Å². The Balaban J connectivity index is 1.19. The summed E-state index contributed by atoms with van der Waals surface area (Å²) in [6.45, 7) is 1.28. The van der Waals surface area contributed by atoms with Crippen molar-refractivity contribution in [2.75, 3.05) is 13.2 Å². The zero-order valence-electron chi connectivity index (χ0n) is 17.0. The Kier molecular flexibility index (Phi) is 5.29. The molecule has 3 atom stereocenters. The lowest BCUT2D eigenvalue weighted by Gasteiger charge is -2.40. The van der Waals surface area contributed by atoms with Crippen molar-refractivity contribution in [3.8, 4) is 0 Å². The fourth-order valence-corrected chi connectivity index (χ4v) is 4.84. The van der Waals surface area contributed by atoms with Gasteiger partial charge >= 0.3 is 0 Å². The topological polar surface area (TPSA) is 84.7 Å². The van der Waals surface area contributed by atoms with Crippen LogP contribution < -0.4 is 5.32 Å². The van der Waals surface area contributed by atoms with Gasteiger partial charge in [0.1, 0.15) is 18.1 Å². The van der Waals surface area contributed by atoms with Crippen molar-refractivity contribution < 1.29 is 18.7 Å². The maximum Gasteiger partial charge on any atom is 0.246 e. The normalized spacial score (nSPS) is 25.9. The van der Waals surface area contributed by atoms with Crippen molar-refractivity contribution in [1.82, 2.24) is 15.2 Å². The van der Waals surface area contributed by atoms with Gasteiger partial charge in [-0.25, -0.2) is 4.98 Å². The fourth-order valence-electron chi connectivity index (χ4n) is 4.84. The minimum atomic E-state index is -0.0568. The molecule has 0 bridgehead atoms. The molecule has 3 heterocycles. The highest BCUT2D eigenvalue weighted by atomic mass is 16.5. The largest absolute Gasteiger partial charge is 0.445 e. The maximum atomic E-state index is 13.1. The van der Waals surface area contributed by atoms with E-state index in [0.29, 0.717) is 25.9 Å². The first-order valence-corrected chi connectivity index (χ1v) is 10.9. The number of ether oxygens (including phenoxy) is 1. The first kappa shape index (κ1) is 19.3. The SMILES string of the molecule is O=C1CO[C@H]2C[C@@H](C(=O)N3CCc4oc(CCc5ccccc5)nc4C3)CC[C@@H]2N1. The fraction of sp³-hybridized carbons (Fsp3) is 0.522. The number of hydrogen-bond donors (Lipinski definition) is 1. The lowest BCUT2D eigenvalue weighted by atomic mass is 9.82. The second kappa shape index (κ2) is 8.22. The van der Waals surface area contributed by atoms with E-state index in [1.54, 1.807) is 0 Å². The highest BCUT2D eigenvalue weighted by Crippen LogP contribution is 2.31. The number of amides is 2. The van der Waals surface area contributed by atoms with Crippen LogP contribution in [0, 0.1) is 5.92 Å². The number of carbonyl (C=O) groups excluding carboxylic acids is 2. The minimum Gasteiger partial charge on any atom is -0.445 e. The molecule has 30 heavy (non-hydrogen) atoms. The molecule has 1 saturated heterocycles. The van der Waals surface area contributed by atoms with Gasteiger partial charge < -0.3 is 19.4 Å². The molecular formula is C23H27N3O4. The number of oxazole rings is 1. The zero-order valence-corrected chi connectivity index (χ0v) is 17.0. The van der Waals surface area contributed by atoms with Crippen LogP contribution in [0.5, 0.6) is 0 Å². The first-order chi connectivity index (χ1) is 14.7. The van der Waals surface area contributed by atoms with E-state index in [4.69, 9.17) is 9.15 Å². The lowest BCUT2D eigenvalue weighted by molar-refractivity contribution is -0.146. The molecule has 7 nitrogen and oxygen atoms in total. The number of nitrogens with one attached hydrogen (secondary N) is 1. The molecule has 5 rings (SSSR count). The summed E-state index contributed by atoms with van der Waals surface area (Å²) in [5, 5.41) is 2.99. The van der Waals surface area contributed by atoms with Gasteiger partial charge in [-0.3, -0.25) is 9.59 Å². The Hall–Kier alpha value is -2.67. The van der Waals surface area contributed by atoms with Crippen LogP contribution >= 0.6 is 0 Å². The van der Waals surface area contributed by atoms with E-state index in [9.17, 15) is 9.59 Å². The van der Waals surface area contributed by atoms with Crippen molar-refractivity contribution >= 4 is 11.8 Å². The van der Waals surface area contributed by atoms with E-state index < -0.39 is 0 Å². The second-order valence-corrected chi connectivity index (χ2v) is 8.51. The Morgan fingerprint density at radius 3 is 2.93 bits per heavy atom. The molecule has 1 N–H and O–H groups in total. The number of morpholine rings is 1. The number of nitrogens with zero attached hydrogens (tertiary/aromatic N) is 2. The average molecular weight is 409 g/mol. The highest BCUT2D eigenvalue weighted by molar-refractivity contribution is 5.80. The quantitative estimate of drug-likeness (QED) is 0.835. The van der Waals surface area contributed by atoms with Gasteiger partial charge in [0.15, 0.2) is 5.89 Å².